The number of aromatic nitrogens is 2. The van der Waals surface area contributed by atoms with Gasteiger partial charge in [-0.3, -0.25) is 33.9 Å². The molecule has 4 aliphatic rings. The summed E-state index contributed by atoms with van der Waals surface area (Å²) >= 11 is 0. The van der Waals surface area contributed by atoms with E-state index >= 15 is 0 Å². The maximum Gasteiger partial charge on any atom is 0.256 e. The van der Waals surface area contributed by atoms with E-state index in [0.29, 0.717) is 42.6 Å². The van der Waals surface area contributed by atoms with Crippen LogP contribution in [-0.4, -0.2) is 120 Å². The van der Waals surface area contributed by atoms with E-state index in [4.69, 9.17) is 4.74 Å². The van der Waals surface area contributed by atoms with Crippen molar-refractivity contribution in [3.8, 4) is 11.1 Å². The average Bonchev–Trinajstić information content (AvgIpc) is 3.99. The summed E-state index contributed by atoms with van der Waals surface area (Å²) in [6, 6.07) is 26.9. The van der Waals surface area contributed by atoms with Crippen molar-refractivity contribution in [1.29, 1.82) is 0 Å². The highest BCUT2D eigenvalue weighted by Crippen LogP contribution is 2.36. The number of H-pyrrole nitrogens is 1. The second-order valence-electron chi connectivity index (χ2n) is 18.8. The molecule has 9 rings (SSSR count). The van der Waals surface area contributed by atoms with Crippen LogP contribution < -0.4 is 10.2 Å². The van der Waals surface area contributed by atoms with Crippen molar-refractivity contribution in [3.63, 3.8) is 0 Å². The van der Waals surface area contributed by atoms with Crippen LogP contribution in [0.3, 0.4) is 0 Å². The van der Waals surface area contributed by atoms with E-state index in [1.165, 1.54) is 22.6 Å². The first-order valence-electron chi connectivity index (χ1n) is 22.4. The van der Waals surface area contributed by atoms with Gasteiger partial charge in [-0.05, 0) is 97.6 Å². The van der Waals surface area contributed by atoms with Crippen LogP contribution in [0.4, 0.5) is 11.5 Å². The minimum atomic E-state index is -1.32. The van der Waals surface area contributed by atoms with Gasteiger partial charge in [0.2, 0.25) is 5.91 Å². The van der Waals surface area contributed by atoms with Crippen molar-refractivity contribution < 1.29 is 23.9 Å². The number of rotatable bonds is 13. The number of hydrogen-bond acceptors (Lipinski definition) is 9. The molecule has 328 valence electrons. The number of benzene rings is 3. The normalized spacial score (nSPS) is 20.0. The molecule has 3 fully saturated rings. The third-order valence-corrected chi connectivity index (χ3v) is 15.0. The summed E-state index contributed by atoms with van der Waals surface area (Å²) in [7, 11) is 0.843. The van der Waals surface area contributed by atoms with Crippen LogP contribution in [-0.2, 0) is 27.4 Å². The largest absolute Gasteiger partial charge is 0.369 e. The Morgan fingerprint density at radius 1 is 0.889 bits per heavy atom. The minimum absolute atomic E-state index is 0.0674. The van der Waals surface area contributed by atoms with Crippen LogP contribution in [0.2, 0.25) is 25.7 Å². The number of amides is 4. The number of fused-ring (bicyclic) bond motifs is 2. The number of carbonyl (C=O) groups is 4. The quantitative estimate of drug-likeness (QED) is 0.0708. The molecule has 13 nitrogen and oxygen atoms in total. The van der Waals surface area contributed by atoms with Crippen molar-refractivity contribution >= 4 is 54.1 Å². The number of pyridine rings is 1. The lowest BCUT2D eigenvalue weighted by Gasteiger charge is -2.36. The number of hydrogen-bond donors (Lipinski definition) is 2. The van der Waals surface area contributed by atoms with Crippen LogP contribution in [0.5, 0.6) is 0 Å². The molecular weight excluding hydrogens is 809 g/mol. The Morgan fingerprint density at radius 3 is 2.38 bits per heavy atom. The van der Waals surface area contributed by atoms with Crippen LogP contribution in [0, 0.1) is 0 Å². The summed E-state index contributed by atoms with van der Waals surface area (Å²) in [6.45, 7) is 13.0. The van der Waals surface area contributed by atoms with Gasteiger partial charge >= 0.3 is 0 Å². The molecule has 0 aliphatic carbocycles. The molecule has 2 N–H and O–H groups in total. The molecule has 0 saturated carbocycles. The molecule has 2 atom stereocenters. The first kappa shape index (κ1) is 42.6. The second kappa shape index (κ2) is 17.8. The van der Waals surface area contributed by atoms with Crippen molar-refractivity contribution in [2.45, 2.75) is 76.5 Å². The second-order valence-corrected chi connectivity index (χ2v) is 24.4. The van der Waals surface area contributed by atoms with Crippen LogP contribution in [0.25, 0.3) is 22.0 Å². The van der Waals surface area contributed by atoms with Gasteiger partial charge in [-0.1, -0.05) is 56.0 Å². The van der Waals surface area contributed by atoms with Gasteiger partial charge in [0.15, 0.2) is 0 Å². The summed E-state index contributed by atoms with van der Waals surface area (Å²) in [5, 5.41) is 4.02. The van der Waals surface area contributed by atoms with Gasteiger partial charge in [0, 0.05) is 107 Å². The fourth-order valence-corrected chi connectivity index (χ4v) is 10.2. The molecule has 63 heavy (non-hydrogen) atoms. The molecular formula is C49H58N8O5Si. The Morgan fingerprint density at radius 2 is 1.65 bits per heavy atom. The molecule has 0 spiro atoms. The SMILES string of the molecule is CN1CCC[C@@H]1c1cc2cnc(NC(=O)c3ccc(N4CCN(Cc5ccc(-c6cccc7c6CN(C6CCC(=O)N(COCC[Si](C)(C)C)C6=O)C7=O)cc5)CC4)cc3)cc2[nH]1. The van der Waals surface area contributed by atoms with Crippen LogP contribution in [0.1, 0.15) is 69.3 Å². The number of nitrogens with one attached hydrogen (secondary N) is 2. The Bertz CT molecular complexity index is 2510. The molecule has 4 aliphatic heterocycles. The number of piperidine rings is 1. The highest BCUT2D eigenvalue weighted by molar-refractivity contribution is 6.76. The molecule has 1 unspecified atom stereocenters. The Balaban J connectivity index is 0.766. The lowest BCUT2D eigenvalue weighted by atomic mass is 9.96. The van der Waals surface area contributed by atoms with Gasteiger partial charge in [-0.2, -0.15) is 0 Å². The van der Waals surface area contributed by atoms with Crippen LogP contribution in [0.15, 0.2) is 85.1 Å². The Hall–Kier alpha value is -5.67. The van der Waals surface area contributed by atoms with E-state index in [2.05, 4.69) is 87.0 Å². The summed E-state index contributed by atoms with van der Waals surface area (Å²) in [5.74, 6) is -0.430. The number of nitrogens with zero attached hydrogens (tertiary/aromatic N) is 6. The van der Waals surface area contributed by atoms with Gasteiger partial charge in [0.05, 0.1) is 5.52 Å². The number of aromatic amines is 1. The molecule has 2 aromatic heterocycles. The van der Waals surface area contributed by atoms with Crippen molar-refractivity contribution in [3.05, 3.63) is 113 Å². The average molecular weight is 867 g/mol. The first-order valence-corrected chi connectivity index (χ1v) is 26.1. The van der Waals surface area contributed by atoms with Gasteiger partial charge in [-0.25, -0.2) is 4.98 Å². The predicted octanol–water partition coefficient (Wildman–Crippen LogP) is 7.36. The molecule has 6 heterocycles. The Kier molecular flexibility index (Phi) is 12.1. The standard InChI is InChI=1S/C49H58N8O5Si/c1-53-20-6-9-43(53)42-27-36-29-50-45(28-41(36)51-42)52-47(59)35-14-16-37(17-15-35)55-23-21-54(22-24-55)30-33-10-12-34(13-11-33)38-7-5-8-39-40(38)31-56(48(39)60)44-18-19-46(58)57(49(44)61)32-62-25-26-63(2,3)4/h5,7-8,10-17,27-29,43-44,51H,6,9,18-26,30-32H2,1-4H3,(H,50,52,59)/t43-,44?/m1/s1. The summed E-state index contributed by atoms with van der Waals surface area (Å²) in [4.78, 5) is 71.4. The third kappa shape index (κ3) is 9.21. The minimum Gasteiger partial charge on any atom is -0.369 e. The lowest BCUT2D eigenvalue weighted by molar-refractivity contribution is -0.158. The number of imide groups is 1. The van der Waals surface area contributed by atoms with E-state index in [1.54, 1.807) is 4.90 Å². The van der Waals surface area contributed by atoms with E-state index in [9.17, 15) is 19.2 Å². The third-order valence-electron chi connectivity index (χ3n) is 13.3. The molecule has 3 saturated heterocycles. The molecule has 5 aromatic rings. The summed E-state index contributed by atoms with van der Waals surface area (Å²) in [6.07, 6.45) is 4.68. The maximum absolute atomic E-state index is 13.8. The van der Waals surface area contributed by atoms with E-state index in [-0.39, 0.29) is 36.8 Å². The van der Waals surface area contributed by atoms with Crippen molar-refractivity contribution in [1.82, 2.24) is 29.6 Å². The molecule has 0 bridgehead atoms. The van der Waals surface area contributed by atoms with E-state index in [1.807, 2.05) is 54.7 Å². The number of ether oxygens (including phenoxy) is 1. The number of piperazine rings is 1. The summed E-state index contributed by atoms with van der Waals surface area (Å²) < 4.78 is 5.79. The lowest BCUT2D eigenvalue weighted by Crippen LogP contribution is -2.55. The van der Waals surface area contributed by atoms with Crippen molar-refractivity contribution in [2.75, 3.05) is 63.3 Å². The molecule has 3 aromatic carbocycles. The zero-order chi connectivity index (χ0) is 43.8. The van der Waals surface area contributed by atoms with Gasteiger partial charge < -0.3 is 24.8 Å². The fraction of sp³-hybridized carbons (Fsp3) is 0.408. The topological polar surface area (TPSA) is 134 Å². The monoisotopic (exact) mass is 866 g/mol. The molecule has 4 amide bonds. The zero-order valence-electron chi connectivity index (χ0n) is 36.9. The summed E-state index contributed by atoms with van der Waals surface area (Å²) in [5.41, 5.74) is 8.59. The molecule has 14 heteroatoms. The fourth-order valence-electron chi connectivity index (χ4n) is 9.48. The zero-order valence-corrected chi connectivity index (χ0v) is 37.9. The highest BCUT2D eigenvalue weighted by Gasteiger charge is 2.43. The van der Waals surface area contributed by atoms with E-state index < -0.39 is 14.1 Å². The first-order chi connectivity index (χ1) is 30.4. The van der Waals surface area contributed by atoms with Crippen LogP contribution >= 0.6 is 0 Å². The van der Waals surface area contributed by atoms with Crippen molar-refractivity contribution in [2.24, 2.45) is 0 Å². The Labute approximate surface area is 370 Å². The van der Waals surface area contributed by atoms with Gasteiger partial charge in [-0.15, -0.1) is 0 Å². The maximum atomic E-state index is 13.8. The van der Waals surface area contributed by atoms with E-state index in [0.717, 1.165) is 85.0 Å². The molecule has 0 radical (unpaired) electrons. The predicted molar refractivity (Wildman–Crippen MR) is 248 cm³/mol. The number of likely N-dealkylation sites (tertiary alicyclic amines) is 2. The highest BCUT2D eigenvalue weighted by atomic mass is 28.3. The number of anilines is 2. The van der Waals surface area contributed by atoms with Gasteiger partial charge in [0.1, 0.15) is 18.6 Å². The van der Waals surface area contributed by atoms with Gasteiger partial charge in [0.25, 0.3) is 17.7 Å². The smallest absolute Gasteiger partial charge is 0.256 e. The number of carbonyl (C=O) groups excluding carboxylic acids is 4.